The lowest BCUT2D eigenvalue weighted by molar-refractivity contribution is 0.247. The van der Waals surface area contributed by atoms with Crippen molar-refractivity contribution in [2.75, 3.05) is 18.1 Å². The molecular formula is C13H23N3S. The van der Waals surface area contributed by atoms with Gasteiger partial charge in [-0.3, -0.25) is 4.68 Å². The van der Waals surface area contributed by atoms with Gasteiger partial charge in [-0.15, -0.1) is 0 Å². The van der Waals surface area contributed by atoms with Gasteiger partial charge in [0, 0.05) is 43.7 Å². The van der Waals surface area contributed by atoms with E-state index >= 15 is 0 Å². The zero-order chi connectivity index (χ0) is 12.3. The van der Waals surface area contributed by atoms with E-state index in [-0.39, 0.29) is 0 Å². The fourth-order valence-electron chi connectivity index (χ4n) is 2.29. The molecule has 1 aliphatic rings. The Morgan fingerprint density at radius 1 is 1.59 bits per heavy atom. The highest BCUT2D eigenvalue weighted by Crippen LogP contribution is 2.33. The van der Waals surface area contributed by atoms with Gasteiger partial charge in [-0.1, -0.05) is 13.8 Å². The minimum atomic E-state index is 0.442. The highest BCUT2D eigenvalue weighted by molar-refractivity contribution is 7.99. The topological polar surface area (TPSA) is 29.9 Å². The second-order valence-electron chi connectivity index (χ2n) is 5.52. The molecule has 1 fully saturated rings. The number of nitrogens with zero attached hydrogens (tertiary/aromatic N) is 2. The summed E-state index contributed by atoms with van der Waals surface area (Å²) in [7, 11) is 2.01. The van der Waals surface area contributed by atoms with Crippen molar-refractivity contribution in [3.8, 4) is 0 Å². The lowest BCUT2D eigenvalue weighted by Crippen LogP contribution is -2.47. The molecule has 1 aliphatic heterocycles. The number of thioether (sulfide) groups is 1. The Kier molecular flexibility index (Phi) is 4.15. The molecule has 2 heterocycles. The van der Waals surface area contributed by atoms with E-state index in [1.54, 1.807) is 0 Å². The Morgan fingerprint density at radius 3 is 3.06 bits per heavy atom. The summed E-state index contributed by atoms with van der Waals surface area (Å²) in [6, 6.07) is 2.75. The van der Waals surface area contributed by atoms with Crippen LogP contribution < -0.4 is 5.32 Å². The van der Waals surface area contributed by atoms with Gasteiger partial charge in [0.2, 0.25) is 0 Å². The van der Waals surface area contributed by atoms with Crippen LogP contribution in [0.15, 0.2) is 12.3 Å². The summed E-state index contributed by atoms with van der Waals surface area (Å²) in [4.78, 5) is 0. The fraction of sp³-hybridized carbons (Fsp3) is 0.769. The van der Waals surface area contributed by atoms with Crippen LogP contribution in [-0.2, 0) is 13.5 Å². The van der Waals surface area contributed by atoms with Crippen molar-refractivity contribution in [2.45, 2.75) is 32.7 Å². The molecule has 3 nitrogen and oxygen atoms in total. The molecule has 96 valence electrons. The molecule has 0 amide bonds. The molecule has 2 rings (SSSR count). The maximum atomic E-state index is 4.20. The van der Waals surface area contributed by atoms with E-state index in [2.05, 4.69) is 42.1 Å². The quantitative estimate of drug-likeness (QED) is 0.891. The van der Waals surface area contributed by atoms with Gasteiger partial charge in [0.15, 0.2) is 0 Å². The second kappa shape index (κ2) is 5.44. The van der Waals surface area contributed by atoms with Gasteiger partial charge in [-0.05, 0) is 23.7 Å². The monoisotopic (exact) mass is 253 g/mol. The van der Waals surface area contributed by atoms with Gasteiger partial charge in [-0.25, -0.2) is 0 Å². The maximum Gasteiger partial charge on any atom is 0.0492 e. The maximum absolute atomic E-state index is 4.20. The molecular weight excluding hydrogens is 230 g/mol. The number of nitrogens with one attached hydrogen (secondary N) is 1. The third-order valence-electron chi connectivity index (χ3n) is 3.81. The number of aromatic nitrogens is 2. The summed E-state index contributed by atoms with van der Waals surface area (Å²) in [6.45, 7) is 5.82. The van der Waals surface area contributed by atoms with Crippen molar-refractivity contribution in [1.29, 1.82) is 0 Å². The van der Waals surface area contributed by atoms with Crippen LogP contribution in [0, 0.1) is 5.41 Å². The molecule has 1 atom stereocenters. The third kappa shape index (κ3) is 3.26. The van der Waals surface area contributed by atoms with Crippen molar-refractivity contribution in [3.05, 3.63) is 18.0 Å². The van der Waals surface area contributed by atoms with E-state index in [4.69, 9.17) is 0 Å². The fourth-order valence-corrected chi connectivity index (χ4v) is 3.93. The number of hydrogen-bond acceptors (Lipinski definition) is 3. The van der Waals surface area contributed by atoms with Gasteiger partial charge in [-0.2, -0.15) is 16.9 Å². The minimum Gasteiger partial charge on any atom is -0.312 e. The first-order chi connectivity index (χ1) is 8.09. The molecule has 0 saturated carbocycles. The molecule has 0 bridgehead atoms. The van der Waals surface area contributed by atoms with Gasteiger partial charge in [0.1, 0.15) is 0 Å². The lowest BCUT2D eigenvalue weighted by Gasteiger charge is -2.38. The van der Waals surface area contributed by atoms with Crippen LogP contribution in [0.4, 0.5) is 0 Å². The van der Waals surface area contributed by atoms with Crippen LogP contribution >= 0.6 is 11.8 Å². The Balaban J connectivity index is 1.80. The summed E-state index contributed by atoms with van der Waals surface area (Å²) in [5.74, 6) is 2.56. The molecule has 1 N–H and O–H groups in total. The summed E-state index contributed by atoms with van der Waals surface area (Å²) >= 11 is 2.08. The second-order valence-corrected chi connectivity index (χ2v) is 6.67. The summed E-state index contributed by atoms with van der Waals surface area (Å²) in [5.41, 5.74) is 1.75. The van der Waals surface area contributed by atoms with Crippen molar-refractivity contribution < 1.29 is 0 Å². The first-order valence-electron chi connectivity index (χ1n) is 6.37. The van der Waals surface area contributed by atoms with Crippen LogP contribution in [0.5, 0.6) is 0 Å². The molecule has 0 aliphatic carbocycles. The van der Waals surface area contributed by atoms with Crippen molar-refractivity contribution in [2.24, 2.45) is 12.5 Å². The first kappa shape index (κ1) is 13.0. The molecule has 1 saturated heterocycles. The Bertz CT molecular complexity index is 359. The highest BCUT2D eigenvalue weighted by atomic mass is 32.2. The van der Waals surface area contributed by atoms with Crippen LogP contribution in [0.3, 0.4) is 0 Å². The van der Waals surface area contributed by atoms with E-state index in [0.717, 1.165) is 13.0 Å². The van der Waals surface area contributed by atoms with E-state index in [0.29, 0.717) is 11.5 Å². The zero-order valence-corrected chi connectivity index (χ0v) is 11.9. The number of rotatable bonds is 4. The average Bonchev–Trinajstić information content (AvgIpc) is 2.67. The van der Waals surface area contributed by atoms with Crippen molar-refractivity contribution in [3.63, 3.8) is 0 Å². The number of hydrogen-bond donors (Lipinski definition) is 1. The number of aryl methyl sites for hydroxylation is 1. The predicted molar refractivity (Wildman–Crippen MR) is 74.4 cm³/mol. The van der Waals surface area contributed by atoms with E-state index in [1.165, 1.54) is 23.6 Å². The molecule has 4 heteroatoms. The SMILES string of the molecule is Cn1nccc1CCNC1CSCCC1(C)C. The molecule has 0 aromatic carbocycles. The summed E-state index contributed by atoms with van der Waals surface area (Å²) < 4.78 is 1.96. The van der Waals surface area contributed by atoms with Gasteiger partial charge >= 0.3 is 0 Å². The predicted octanol–water partition coefficient (Wildman–Crippen LogP) is 2.08. The Morgan fingerprint density at radius 2 is 2.41 bits per heavy atom. The standard InChI is InChI=1S/C13H23N3S/c1-13(2)6-9-17-10-12(13)14-7-4-11-5-8-15-16(11)3/h5,8,12,14H,4,6-7,9-10H2,1-3H3. The average molecular weight is 253 g/mol. The molecule has 0 spiro atoms. The van der Waals surface area contributed by atoms with Crippen LogP contribution in [0.2, 0.25) is 0 Å². The van der Waals surface area contributed by atoms with Crippen molar-refractivity contribution >= 4 is 11.8 Å². The molecule has 1 aromatic heterocycles. The van der Waals surface area contributed by atoms with Crippen molar-refractivity contribution in [1.82, 2.24) is 15.1 Å². The first-order valence-corrected chi connectivity index (χ1v) is 7.53. The lowest BCUT2D eigenvalue weighted by atomic mass is 9.82. The Labute approximate surface area is 108 Å². The van der Waals surface area contributed by atoms with Crippen LogP contribution in [-0.4, -0.2) is 33.9 Å². The minimum absolute atomic E-state index is 0.442. The Hall–Kier alpha value is -0.480. The van der Waals surface area contributed by atoms with E-state index < -0.39 is 0 Å². The van der Waals surface area contributed by atoms with Gasteiger partial charge in [0.25, 0.3) is 0 Å². The zero-order valence-electron chi connectivity index (χ0n) is 11.1. The third-order valence-corrected chi connectivity index (χ3v) is 4.87. The van der Waals surface area contributed by atoms with Gasteiger partial charge < -0.3 is 5.32 Å². The van der Waals surface area contributed by atoms with E-state index in [9.17, 15) is 0 Å². The summed E-state index contributed by atoms with van der Waals surface area (Å²) in [6.07, 6.45) is 4.25. The molecule has 1 aromatic rings. The smallest absolute Gasteiger partial charge is 0.0492 e. The summed E-state index contributed by atoms with van der Waals surface area (Å²) in [5, 5.41) is 7.91. The largest absolute Gasteiger partial charge is 0.312 e. The van der Waals surface area contributed by atoms with Gasteiger partial charge in [0.05, 0.1) is 0 Å². The highest BCUT2D eigenvalue weighted by Gasteiger charge is 2.31. The normalized spacial score (nSPS) is 23.8. The molecule has 1 unspecified atom stereocenters. The van der Waals surface area contributed by atoms with E-state index in [1.807, 2.05) is 17.9 Å². The van der Waals surface area contributed by atoms with Crippen LogP contribution in [0.1, 0.15) is 26.0 Å². The molecule has 17 heavy (non-hydrogen) atoms. The molecule has 0 radical (unpaired) electrons. The van der Waals surface area contributed by atoms with Crippen LogP contribution in [0.25, 0.3) is 0 Å².